The van der Waals surface area contributed by atoms with Crippen LogP contribution >= 0.6 is 11.3 Å². The Morgan fingerprint density at radius 2 is 2.00 bits per heavy atom. The van der Waals surface area contributed by atoms with E-state index in [9.17, 15) is 13.2 Å². The summed E-state index contributed by atoms with van der Waals surface area (Å²) in [5, 5.41) is 7.92. The third kappa shape index (κ3) is 4.16. The van der Waals surface area contributed by atoms with Crippen LogP contribution in [0.1, 0.15) is 47.3 Å². The van der Waals surface area contributed by atoms with Crippen molar-refractivity contribution in [2.45, 2.75) is 44.9 Å². The third-order valence-electron chi connectivity index (χ3n) is 4.95. The Morgan fingerprint density at radius 1 is 1.27 bits per heavy atom. The first-order valence-electron chi connectivity index (χ1n) is 8.60. The van der Waals surface area contributed by atoms with E-state index in [-0.39, 0.29) is 16.2 Å². The first-order valence-corrected chi connectivity index (χ1v) is 11.0. The number of amides is 1. The summed E-state index contributed by atoms with van der Waals surface area (Å²) >= 11 is 1.53. The van der Waals surface area contributed by atoms with Gasteiger partial charge in [-0.2, -0.15) is 0 Å². The second-order valence-electron chi connectivity index (χ2n) is 7.89. The average molecular weight is 393 g/mol. The van der Waals surface area contributed by atoms with E-state index in [1.807, 2.05) is 6.07 Å². The minimum Gasteiger partial charge on any atom is -0.321 e. The highest BCUT2D eigenvalue weighted by Gasteiger charge is 2.30. The number of benzene rings is 1. The summed E-state index contributed by atoms with van der Waals surface area (Å²) in [5.74, 6) is 0.398. The fourth-order valence-corrected chi connectivity index (χ4v) is 4.98. The number of anilines is 1. The summed E-state index contributed by atoms with van der Waals surface area (Å²) in [6.45, 7) is 6.80. The molecule has 3 rings (SSSR count). The molecule has 1 aliphatic carbocycles. The molecule has 3 N–H and O–H groups in total. The Kier molecular flexibility index (Phi) is 4.98. The fraction of sp³-hybridized carbons (Fsp3) is 0.421. The molecular weight excluding hydrogens is 368 g/mol. The maximum atomic E-state index is 12.6. The van der Waals surface area contributed by atoms with Gasteiger partial charge in [0.05, 0.1) is 9.77 Å². The van der Waals surface area contributed by atoms with Crippen molar-refractivity contribution in [1.29, 1.82) is 0 Å². The Hall–Kier alpha value is -1.70. The van der Waals surface area contributed by atoms with Gasteiger partial charge in [-0.1, -0.05) is 26.8 Å². The number of sulfonamides is 1. The smallest absolute Gasteiger partial charge is 0.265 e. The van der Waals surface area contributed by atoms with Gasteiger partial charge in [0, 0.05) is 10.6 Å². The van der Waals surface area contributed by atoms with E-state index < -0.39 is 10.0 Å². The predicted octanol–water partition coefficient (Wildman–Crippen LogP) is 3.80. The van der Waals surface area contributed by atoms with Gasteiger partial charge >= 0.3 is 0 Å². The quantitative estimate of drug-likeness (QED) is 0.832. The van der Waals surface area contributed by atoms with Crippen molar-refractivity contribution in [3.05, 3.63) is 45.6 Å². The number of carbonyl (C=O) groups is 1. The van der Waals surface area contributed by atoms with Gasteiger partial charge in [0.2, 0.25) is 10.0 Å². The molecule has 0 spiro atoms. The van der Waals surface area contributed by atoms with Gasteiger partial charge in [-0.15, -0.1) is 11.3 Å². The Labute approximate surface area is 158 Å². The van der Waals surface area contributed by atoms with Crippen LogP contribution in [0.25, 0.3) is 0 Å². The van der Waals surface area contributed by atoms with Crippen LogP contribution in [0, 0.1) is 11.3 Å². The molecule has 140 valence electrons. The first kappa shape index (κ1) is 19.1. The minimum absolute atomic E-state index is 0.0196. The zero-order valence-electron chi connectivity index (χ0n) is 15.2. The van der Waals surface area contributed by atoms with E-state index >= 15 is 0 Å². The second-order valence-corrected chi connectivity index (χ2v) is 10.6. The summed E-state index contributed by atoms with van der Waals surface area (Å²) < 4.78 is 22.9. The van der Waals surface area contributed by atoms with Crippen LogP contribution in [-0.2, 0) is 22.9 Å². The summed E-state index contributed by atoms with van der Waals surface area (Å²) in [5.41, 5.74) is 1.95. The number of hydrogen-bond acceptors (Lipinski definition) is 4. The zero-order chi connectivity index (χ0) is 19.1. The van der Waals surface area contributed by atoms with Crippen molar-refractivity contribution in [2.75, 3.05) is 5.32 Å². The minimum atomic E-state index is -3.80. The highest BCUT2D eigenvalue weighted by atomic mass is 32.2. The molecule has 7 heteroatoms. The summed E-state index contributed by atoms with van der Waals surface area (Å²) in [7, 11) is -3.80. The van der Waals surface area contributed by atoms with Crippen molar-refractivity contribution in [1.82, 2.24) is 0 Å². The Bertz CT molecular complexity index is 940. The molecule has 5 nitrogen and oxygen atoms in total. The fourth-order valence-electron chi connectivity index (χ4n) is 3.32. The highest BCUT2D eigenvalue weighted by molar-refractivity contribution is 7.89. The van der Waals surface area contributed by atoms with E-state index in [0.29, 0.717) is 16.5 Å². The molecule has 0 fully saturated rings. The first-order chi connectivity index (χ1) is 12.0. The largest absolute Gasteiger partial charge is 0.321 e. The van der Waals surface area contributed by atoms with Gasteiger partial charge in [0.25, 0.3) is 5.91 Å². The Balaban J connectivity index is 1.78. The van der Waals surface area contributed by atoms with Crippen molar-refractivity contribution < 1.29 is 13.2 Å². The van der Waals surface area contributed by atoms with Crippen LogP contribution in [0.15, 0.2) is 35.2 Å². The molecule has 1 atom stereocenters. The topological polar surface area (TPSA) is 89.3 Å². The molecule has 0 aliphatic heterocycles. The number of rotatable bonds is 3. The molecule has 1 aliphatic rings. The normalized spacial score (nSPS) is 17.6. The maximum Gasteiger partial charge on any atom is 0.265 e. The standard InChI is InChI=1S/C19H24N2O3S2/c1-19(2,3)13-7-8-16-12(9-13)10-17(25-16)18(22)21-14-5-4-6-15(11-14)26(20,23)24/h4-6,10-11,13H,7-9H2,1-3H3,(H,21,22)(H2,20,23,24)/t13-/m0/s1. The van der Waals surface area contributed by atoms with Crippen molar-refractivity contribution in [2.24, 2.45) is 16.5 Å². The molecule has 1 aromatic heterocycles. The Morgan fingerprint density at radius 3 is 2.65 bits per heavy atom. The third-order valence-corrected chi connectivity index (χ3v) is 7.10. The lowest BCUT2D eigenvalue weighted by atomic mass is 9.72. The molecule has 0 radical (unpaired) electrons. The molecule has 0 saturated carbocycles. The molecule has 0 bridgehead atoms. The summed E-state index contributed by atoms with van der Waals surface area (Å²) in [4.78, 5) is 14.5. The predicted molar refractivity (Wildman–Crippen MR) is 105 cm³/mol. The number of fused-ring (bicyclic) bond motifs is 1. The average Bonchev–Trinajstić information content (AvgIpc) is 2.96. The van der Waals surface area contributed by atoms with Crippen molar-refractivity contribution >= 4 is 33.0 Å². The number of hydrogen-bond donors (Lipinski definition) is 2. The van der Waals surface area contributed by atoms with Crippen LogP contribution in [-0.4, -0.2) is 14.3 Å². The lowest BCUT2D eigenvalue weighted by Crippen LogP contribution is -2.26. The molecule has 1 aromatic carbocycles. The molecule has 2 aromatic rings. The van der Waals surface area contributed by atoms with E-state index in [2.05, 4.69) is 26.1 Å². The van der Waals surface area contributed by atoms with E-state index in [1.165, 1.54) is 33.9 Å². The zero-order valence-corrected chi connectivity index (χ0v) is 16.8. The van der Waals surface area contributed by atoms with Crippen LogP contribution in [0.4, 0.5) is 5.69 Å². The molecule has 26 heavy (non-hydrogen) atoms. The van der Waals surface area contributed by atoms with Crippen molar-refractivity contribution in [3.8, 4) is 0 Å². The van der Waals surface area contributed by atoms with Gasteiger partial charge in [-0.3, -0.25) is 4.79 Å². The second kappa shape index (κ2) is 6.79. The van der Waals surface area contributed by atoms with Crippen molar-refractivity contribution in [3.63, 3.8) is 0 Å². The van der Waals surface area contributed by atoms with Crippen LogP contribution in [0.2, 0.25) is 0 Å². The van der Waals surface area contributed by atoms with Gasteiger partial charge < -0.3 is 5.32 Å². The number of primary sulfonamides is 1. The number of carbonyl (C=O) groups excluding carboxylic acids is 1. The SMILES string of the molecule is CC(C)(C)[C@H]1CCc2sc(C(=O)Nc3cccc(S(N)(=O)=O)c3)cc2C1. The van der Waals surface area contributed by atoms with Gasteiger partial charge in [0.1, 0.15) is 0 Å². The number of nitrogens with one attached hydrogen (secondary N) is 1. The monoisotopic (exact) mass is 392 g/mol. The maximum absolute atomic E-state index is 12.6. The van der Waals surface area contributed by atoms with Crippen LogP contribution in [0.5, 0.6) is 0 Å². The lowest BCUT2D eigenvalue weighted by molar-refractivity contribution is 0.103. The highest BCUT2D eigenvalue weighted by Crippen LogP contribution is 2.40. The number of aryl methyl sites for hydroxylation is 1. The van der Waals surface area contributed by atoms with E-state index in [4.69, 9.17) is 5.14 Å². The van der Waals surface area contributed by atoms with Gasteiger partial charge in [-0.05, 0) is 60.4 Å². The molecule has 1 amide bonds. The molecule has 0 unspecified atom stereocenters. The van der Waals surface area contributed by atoms with Gasteiger partial charge in [0.15, 0.2) is 0 Å². The lowest BCUT2D eigenvalue weighted by Gasteiger charge is -2.33. The summed E-state index contributed by atoms with van der Waals surface area (Å²) in [6, 6.07) is 7.97. The molecule has 0 saturated heterocycles. The van der Waals surface area contributed by atoms with Crippen LogP contribution < -0.4 is 10.5 Å². The summed E-state index contributed by atoms with van der Waals surface area (Å²) in [6.07, 6.45) is 3.16. The number of thiophene rings is 1. The van der Waals surface area contributed by atoms with E-state index in [1.54, 1.807) is 12.1 Å². The number of nitrogens with two attached hydrogens (primary N) is 1. The van der Waals surface area contributed by atoms with E-state index in [0.717, 1.165) is 19.3 Å². The van der Waals surface area contributed by atoms with Crippen LogP contribution in [0.3, 0.4) is 0 Å². The molecular formula is C19H24N2O3S2. The van der Waals surface area contributed by atoms with Gasteiger partial charge in [-0.25, -0.2) is 13.6 Å². The molecule has 1 heterocycles.